The quantitative estimate of drug-likeness (QED) is 0.687. The zero-order chi connectivity index (χ0) is 14.8. The van der Waals surface area contributed by atoms with Crippen LogP contribution in [0.15, 0.2) is 51.4 Å². The Bertz CT molecular complexity index is 781. The van der Waals surface area contributed by atoms with Crippen LogP contribution >= 0.6 is 31.9 Å². The lowest BCUT2D eigenvalue weighted by molar-refractivity contribution is 0.0949. The van der Waals surface area contributed by atoms with Gasteiger partial charge in [-0.15, -0.1) is 0 Å². The van der Waals surface area contributed by atoms with E-state index in [1.54, 1.807) is 6.07 Å². The van der Waals surface area contributed by atoms with Crippen LogP contribution in [0.1, 0.15) is 16.2 Å². The highest BCUT2D eigenvalue weighted by Crippen LogP contribution is 2.22. The Morgan fingerprint density at radius 1 is 1.19 bits per heavy atom. The van der Waals surface area contributed by atoms with Crippen molar-refractivity contribution in [1.82, 2.24) is 15.3 Å². The molecule has 0 aliphatic carbocycles. The van der Waals surface area contributed by atoms with E-state index in [0.717, 1.165) is 25.8 Å². The lowest BCUT2D eigenvalue weighted by Crippen LogP contribution is -2.23. The Morgan fingerprint density at radius 3 is 2.76 bits per heavy atom. The Labute approximate surface area is 138 Å². The van der Waals surface area contributed by atoms with Crippen LogP contribution in [0.3, 0.4) is 0 Å². The van der Waals surface area contributed by atoms with E-state index in [4.69, 9.17) is 0 Å². The number of nitrogens with one attached hydrogen (secondary N) is 2. The van der Waals surface area contributed by atoms with E-state index < -0.39 is 0 Å². The SMILES string of the molecule is O=C(NCc1nc2ccccc2[nH]1)c1ccc(Br)cc1Br. The van der Waals surface area contributed by atoms with Crippen LogP contribution in [0.2, 0.25) is 0 Å². The van der Waals surface area contributed by atoms with Crippen LogP contribution in [0.5, 0.6) is 0 Å². The molecule has 0 radical (unpaired) electrons. The lowest BCUT2D eigenvalue weighted by atomic mass is 10.2. The van der Waals surface area contributed by atoms with E-state index in [-0.39, 0.29) is 5.91 Å². The molecule has 0 saturated heterocycles. The van der Waals surface area contributed by atoms with Gasteiger partial charge >= 0.3 is 0 Å². The van der Waals surface area contributed by atoms with Gasteiger partial charge in [0, 0.05) is 8.95 Å². The van der Waals surface area contributed by atoms with Crippen LogP contribution in [0, 0.1) is 0 Å². The molecule has 0 fully saturated rings. The summed E-state index contributed by atoms with van der Waals surface area (Å²) in [6.07, 6.45) is 0. The number of aromatic amines is 1. The highest BCUT2D eigenvalue weighted by molar-refractivity contribution is 9.11. The molecule has 4 nitrogen and oxygen atoms in total. The van der Waals surface area contributed by atoms with Crippen LogP contribution < -0.4 is 5.32 Å². The first-order chi connectivity index (χ1) is 10.1. The average Bonchev–Trinajstić information content (AvgIpc) is 2.87. The van der Waals surface area contributed by atoms with E-state index in [2.05, 4.69) is 47.1 Å². The zero-order valence-corrected chi connectivity index (χ0v) is 14.0. The third kappa shape index (κ3) is 3.16. The number of amides is 1. The number of imidazole rings is 1. The molecule has 0 unspecified atom stereocenters. The van der Waals surface area contributed by atoms with Gasteiger partial charge in [0.25, 0.3) is 5.91 Å². The fraction of sp³-hybridized carbons (Fsp3) is 0.0667. The molecular weight excluding hydrogens is 398 g/mol. The molecule has 2 aromatic carbocycles. The van der Waals surface area contributed by atoms with Crippen molar-refractivity contribution in [3.05, 3.63) is 62.8 Å². The first-order valence-corrected chi connectivity index (χ1v) is 7.89. The maximum Gasteiger partial charge on any atom is 0.252 e. The molecular formula is C15H11Br2N3O. The number of hydrogen-bond donors (Lipinski definition) is 2. The summed E-state index contributed by atoms with van der Waals surface area (Å²) in [4.78, 5) is 19.8. The molecule has 21 heavy (non-hydrogen) atoms. The van der Waals surface area contributed by atoms with Crippen molar-refractivity contribution in [2.45, 2.75) is 6.54 Å². The van der Waals surface area contributed by atoms with E-state index in [9.17, 15) is 4.79 Å². The normalized spacial score (nSPS) is 10.8. The average molecular weight is 409 g/mol. The molecule has 0 atom stereocenters. The van der Waals surface area contributed by atoms with Crippen LogP contribution in [-0.4, -0.2) is 15.9 Å². The summed E-state index contributed by atoms with van der Waals surface area (Å²) in [5, 5.41) is 2.86. The van der Waals surface area contributed by atoms with Gasteiger partial charge in [0.2, 0.25) is 0 Å². The first kappa shape index (κ1) is 14.3. The fourth-order valence-corrected chi connectivity index (χ4v) is 3.25. The van der Waals surface area contributed by atoms with Gasteiger partial charge in [-0.2, -0.15) is 0 Å². The number of para-hydroxylation sites is 2. The van der Waals surface area contributed by atoms with Gasteiger partial charge in [0.15, 0.2) is 0 Å². The van der Waals surface area contributed by atoms with E-state index in [1.807, 2.05) is 36.4 Å². The van der Waals surface area contributed by atoms with Gasteiger partial charge < -0.3 is 10.3 Å². The Kier molecular flexibility index (Phi) is 4.07. The van der Waals surface area contributed by atoms with Gasteiger partial charge in [-0.3, -0.25) is 4.79 Å². The monoisotopic (exact) mass is 407 g/mol. The van der Waals surface area contributed by atoms with Crippen molar-refractivity contribution in [1.29, 1.82) is 0 Å². The number of benzene rings is 2. The minimum atomic E-state index is -0.144. The Balaban J connectivity index is 1.73. The maximum atomic E-state index is 12.2. The highest BCUT2D eigenvalue weighted by Gasteiger charge is 2.11. The summed E-state index contributed by atoms with van der Waals surface area (Å²) >= 11 is 6.75. The topological polar surface area (TPSA) is 57.8 Å². The second kappa shape index (κ2) is 5.99. The minimum absolute atomic E-state index is 0.144. The van der Waals surface area contributed by atoms with Crippen LogP contribution in [0.25, 0.3) is 11.0 Å². The van der Waals surface area contributed by atoms with E-state index in [1.165, 1.54) is 0 Å². The van der Waals surface area contributed by atoms with Gasteiger partial charge in [-0.05, 0) is 46.3 Å². The summed E-state index contributed by atoms with van der Waals surface area (Å²) in [7, 11) is 0. The van der Waals surface area contributed by atoms with Crippen molar-refractivity contribution in [3.63, 3.8) is 0 Å². The summed E-state index contributed by atoms with van der Waals surface area (Å²) in [5.74, 6) is 0.590. The molecule has 0 saturated carbocycles. The van der Waals surface area contributed by atoms with Crippen molar-refractivity contribution in [2.75, 3.05) is 0 Å². The molecule has 0 aliphatic heterocycles. The predicted molar refractivity (Wildman–Crippen MR) is 89.1 cm³/mol. The molecule has 1 aromatic heterocycles. The third-order valence-corrected chi connectivity index (χ3v) is 4.18. The van der Waals surface area contributed by atoms with Crippen LogP contribution in [-0.2, 0) is 6.54 Å². The smallest absolute Gasteiger partial charge is 0.252 e. The molecule has 1 heterocycles. The fourth-order valence-electron chi connectivity index (χ4n) is 2.02. The summed E-state index contributed by atoms with van der Waals surface area (Å²) in [6.45, 7) is 0.357. The Morgan fingerprint density at radius 2 is 2.00 bits per heavy atom. The summed E-state index contributed by atoms with van der Waals surface area (Å²) < 4.78 is 1.67. The van der Waals surface area contributed by atoms with Gasteiger partial charge in [0.1, 0.15) is 5.82 Å². The van der Waals surface area contributed by atoms with E-state index in [0.29, 0.717) is 12.1 Å². The van der Waals surface area contributed by atoms with Crippen LogP contribution in [0.4, 0.5) is 0 Å². The number of fused-ring (bicyclic) bond motifs is 1. The number of carbonyl (C=O) groups excluding carboxylic acids is 1. The number of halogens is 2. The molecule has 6 heteroatoms. The highest BCUT2D eigenvalue weighted by atomic mass is 79.9. The summed E-state index contributed by atoms with van der Waals surface area (Å²) in [5.41, 5.74) is 2.45. The molecule has 0 bridgehead atoms. The minimum Gasteiger partial charge on any atom is -0.345 e. The number of carbonyl (C=O) groups is 1. The first-order valence-electron chi connectivity index (χ1n) is 6.30. The van der Waals surface area contributed by atoms with Crippen molar-refractivity contribution in [2.24, 2.45) is 0 Å². The van der Waals surface area contributed by atoms with Gasteiger partial charge in [-0.1, -0.05) is 28.1 Å². The number of H-pyrrole nitrogens is 1. The van der Waals surface area contributed by atoms with E-state index >= 15 is 0 Å². The number of nitrogens with zero attached hydrogens (tertiary/aromatic N) is 1. The molecule has 3 rings (SSSR count). The zero-order valence-electron chi connectivity index (χ0n) is 10.9. The second-order valence-corrected chi connectivity index (χ2v) is 6.28. The predicted octanol–water partition coefficient (Wildman–Crippen LogP) is 4.02. The molecule has 2 N–H and O–H groups in total. The number of hydrogen-bond acceptors (Lipinski definition) is 2. The molecule has 0 spiro atoms. The standard InChI is InChI=1S/C15H11Br2N3O/c16-9-5-6-10(11(17)7-9)15(21)18-8-14-19-12-3-1-2-4-13(12)20-14/h1-7H,8H2,(H,18,21)(H,19,20). The summed E-state index contributed by atoms with van der Waals surface area (Å²) in [6, 6.07) is 13.2. The Hall–Kier alpha value is -1.66. The van der Waals surface area contributed by atoms with Crippen molar-refractivity contribution >= 4 is 48.8 Å². The van der Waals surface area contributed by atoms with Crippen molar-refractivity contribution < 1.29 is 4.79 Å². The van der Waals surface area contributed by atoms with Gasteiger partial charge in [-0.25, -0.2) is 4.98 Å². The number of rotatable bonds is 3. The third-order valence-electron chi connectivity index (χ3n) is 3.03. The number of aromatic nitrogens is 2. The maximum absolute atomic E-state index is 12.2. The molecule has 0 aliphatic rings. The van der Waals surface area contributed by atoms with Crippen molar-refractivity contribution in [3.8, 4) is 0 Å². The second-order valence-electron chi connectivity index (χ2n) is 4.51. The molecule has 1 amide bonds. The van der Waals surface area contributed by atoms with Gasteiger partial charge in [0.05, 0.1) is 23.1 Å². The molecule has 3 aromatic rings. The molecule has 106 valence electrons. The lowest BCUT2D eigenvalue weighted by Gasteiger charge is -2.05. The largest absolute Gasteiger partial charge is 0.345 e.